The Labute approximate surface area is 316 Å². The Morgan fingerprint density at radius 2 is 0.944 bits per heavy atom. The fourth-order valence-electron chi connectivity index (χ4n) is 8.52. The van der Waals surface area contributed by atoms with Gasteiger partial charge in [0, 0.05) is 48.7 Å². The van der Waals surface area contributed by atoms with Crippen LogP contribution in [0.3, 0.4) is 0 Å². The van der Waals surface area contributed by atoms with Crippen molar-refractivity contribution in [2.24, 2.45) is 0 Å². The number of anilines is 2. The zero-order chi connectivity index (χ0) is 37.3. The Balaban J connectivity index is 0.851. The Morgan fingerprint density at radius 1 is 0.556 bits per heavy atom. The molecule has 0 saturated carbocycles. The third kappa shape index (κ3) is 6.89. The van der Waals surface area contributed by atoms with Crippen molar-refractivity contribution in [3.05, 3.63) is 130 Å². The molecule has 0 spiro atoms. The van der Waals surface area contributed by atoms with Gasteiger partial charge in [0.25, 0.3) is 0 Å². The SMILES string of the molecule is CN1Cc2ccccc2C1C(=O)N1CCC[C@H]1C(=O)Nc1ccc(C#Cc2ccc(NC(=O)[C@@H]3CCCN3C(=O)C3c4ccccc4CN3C)cc2)cc1. The van der Waals surface area contributed by atoms with E-state index in [2.05, 4.69) is 44.4 Å². The summed E-state index contributed by atoms with van der Waals surface area (Å²) in [5.74, 6) is 5.93. The van der Waals surface area contributed by atoms with Crippen LogP contribution in [0.15, 0.2) is 97.1 Å². The van der Waals surface area contributed by atoms with Gasteiger partial charge in [0.2, 0.25) is 23.6 Å². The van der Waals surface area contributed by atoms with Crippen LogP contribution in [0.25, 0.3) is 0 Å². The molecular weight excluding hydrogens is 677 g/mol. The summed E-state index contributed by atoms with van der Waals surface area (Å²) in [6.45, 7) is 2.57. The Hall–Kier alpha value is -5.76. The number of hydrogen-bond acceptors (Lipinski definition) is 6. The molecule has 4 aliphatic rings. The zero-order valence-electron chi connectivity index (χ0n) is 30.6. The summed E-state index contributed by atoms with van der Waals surface area (Å²) >= 11 is 0. The van der Waals surface area contributed by atoms with Crippen molar-refractivity contribution in [2.45, 2.75) is 62.9 Å². The van der Waals surface area contributed by atoms with Crippen molar-refractivity contribution in [1.29, 1.82) is 0 Å². The number of benzene rings is 4. The lowest BCUT2D eigenvalue weighted by Crippen LogP contribution is -2.46. The average Bonchev–Trinajstić information content (AvgIpc) is 3.99. The normalized spacial score (nSPS) is 22.0. The van der Waals surface area contributed by atoms with Crippen LogP contribution in [-0.4, -0.2) is 82.5 Å². The van der Waals surface area contributed by atoms with E-state index in [-0.39, 0.29) is 35.7 Å². The molecule has 0 aromatic heterocycles. The van der Waals surface area contributed by atoms with Crippen molar-refractivity contribution < 1.29 is 19.2 Å². The first-order chi connectivity index (χ1) is 26.2. The van der Waals surface area contributed by atoms with Gasteiger partial charge in [-0.05, 0) is 111 Å². The number of fused-ring (bicyclic) bond motifs is 2. The van der Waals surface area contributed by atoms with Crippen LogP contribution in [0, 0.1) is 11.8 Å². The molecule has 0 aliphatic carbocycles. The van der Waals surface area contributed by atoms with E-state index in [0.29, 0.717) is 37.3 Å². The van der Waals surface area contributed by atoms with Crippen LogP contribution < -0.4 is 10.6 Å². The van der Waals surface area contributed by atoms with Crippen molar-refractivity contribution in [1.82, 2.24) is 19.6 Å². The van der Waals surface area contributed by atoms with Gasteiger partial charge in [-0.2, -0.15) is 0 Å². The quantitative estimate of drug-likeness (QED) is 0.262. The van der Waals surface area contributed by atoms with E-state index < -0.39 is 12.1 Å². The Bertz CT molecular complexity index is 2000. The van der Waals surface area contributed by atoms with Crippen LogP contribution in [0.2, 0.25) is 0 Å². The topological polar surface area (TPSA) is 105 Å². The van der Waals surface area contributed by atoms with Gasteiger partial charge in [-0.1, -0.05) is 60.4 Å². The molecule has 4 amide bonds. The fraction of sp³-hybridized carbons (Fsp3) is 0.318. The van der Waals surface area contributed by atoms with Crippen LogP contribution in [-0.2, 0) is 32.3 Å². The van der Waals surface area contributed by atoms with Crippen LogP contribution >= 0.6 is 0 Å². The second-order valence-electron chi connectivity index (χ2n) is 14.8. The molecule has 4 aromatic rings. The number of carbonyl (C=O) groups is 4. The smallest absolute Gasteiger partial charge is 0.247 e. The van der Waals surface area contributed by atoms with E-state index in [1.54, 1.807) is 9.80 Å². The number of likely N-dealkylation sites (N-methyl/N-ethyl adjacent to an activating group) is 2. The zero-order valence-corrected chi connectivity index (χ0v) is 30.6. The number of amides is 4. The lowest BCUT2D eigenvalue weighted by Gasteiger charge is -2.29. The maximum absolute atomic E-state index is 13.7. The summed E-state index contributed by atoms with van der Waals surface area (Å²) in [6, 6.07) is 29.0. The summed E-state index contributed by atoms with van der Waals surface area (Å²) in [5.41, 5.74) is 7.23. The molecule has 10 heteroatoms. The minimum atomic E-state index is -0.511. The molecule has 2 saturated heterocycles. The van der Waals surface area contributed by atoms with Gasteiger partial charge in [0.05, 0.1) is 0 Å². The van der Waals surface area contributed by atoms with E-state index in [1.165, 1.54) is 0 Å². The van der Waals surface area contributed by atoms with Crippen LogP contribution in [0.1, 0.15) is 71.1 Å². The maximum Gasteiger partial charge on any atom is 0.247 e. The molecule has 0 radical (unpaired) electrons. The molecule has 2 fully saturated rings. The first-order valence-electron chi connectivity index (χ1n) is 18.8. The van der Waals surface area contributed by atoms with Gasteiger partial charge in [0.1, 0.15) is 24.2 Å². The van der Waals surface area contributed by atoms with Gasteiger partial charge in [-0.25, -0.2) is 0 Å². The molecule has 2 unspecified atom stereocenters. The van der Waals surface area contributed by atoms with Gasteiger partial charge in [-0.15, -0.1) is 0 Å². The average molecular weight is 721 g/mol. The van der Waals surface area contributed by atoms with Crippen molar-refractivity contribution in [3.8, 4) is 11.8 Å². The number of likely N-dealkylation sites (tertiary alicyclic amines) is 2. The van der Waals surface area contributed by atoms with E-state index >= 15 is 0 Å². The van der Waals surface area contributed by atoms with Crippen LogP contribution in [0.4, 0.5) is 11.4 Å². The van der Waals surface area contributed by atoms with E-state index in [4.69, 9.17) is 0 Å². The summed E-state index contributed by atoms with van der Waals surface area (Å²) in [4.78, 5) is 61.8. The molecule has 10 nitrogen and oxygen atoms in total. The molecule has 54 heavy (non-hydrogen) atoms. The fourth-order valence-corrected chi connectivity index (χ4v) is 8.52. The van der Waals surface area contributed by atoms with Crippen LogP contribution in [0.5, 0.6) is 0 Å². The second kappa shape index (κ2) is 14.9. The number of rotatable bonds is 6. The molecular formula is C44H44N6O4. The molecule has 274 valence electrons. The number of carbonyl (C=O) groups excluding carboxylic acids is 4. The third-order valence-corrected chi connectivity index (χ3v) is 11.2. The molecule has 8 rings (SSSR count). The molecule has 4 atom stereocenters. The highest BCUT2D eigenvalue weighted by molar-refractivity contribution is 5.99. The molecule has 4 aliphatic heterocycles. The summed E-state index contributed by atoms with van der Waals surface area (Å²) in [6.07, 6.45) is 2.85. The van der Waals surface area contributed by atoms with E-state index in [1.807, 2.05) is 99.0 Å². The maximum atomic E-state index is 13.7. The molecule has 2 N–H and O–H groups in total. The minimum absolute atomic E-state index is 0.0207. The van der Waals surface area contributed by atoms with E-state index in [9.17, 15) is 19.2 Å². The molecule has 4 aromatic carbocycles. The summed E-state index contributed by atoms with van der Waals surface area (Å²) in [5, 5.41) is 6.02. The number of hydrogen-bond donors (Lipinski definition) is 2. The highest BCUT2D eigenvalue weighted by Gasteiger charge is 2.43. The third-order valence-electron chi connectivity index (χ3n) is 11.2. The number of nitrogens with one attached hydrogen (secondary N) is 2. The minimum Gasteiger partial charge on any atom is -0.329 e. The number of nitrogens with zero attached hydrogens (tertiary/aromatic N) is 4. The van der Waals surface area contributed by atoms with E-state index in [0.717, 1.165) is 59.3 Å². The highest BCUT2D eigenvalue weighted by atomic mass is 16.2. The standard InChI is InChI=1S/C44H44N6O4/c1-47-27-31-9-3-5-11-35(31)39(47)43(53)49-25-7-13-37(49)41(51)45-33-21-17-29(18-22-33)15-16-30-19-23-34(24-20-30)46-42(52)38-14-8-26-50(38)44(54)40-36-12-6-4-10-32(36)28-48(40)2/h3-6,9-12,17-24,37-40H,7-8,13-14,25-28H2,1-2H3,(H,45,51)(H,46,52)/t37-,38-,39?,40?/m0/s1. The van der Waals surface area contributed by atoms with Crippen molar-refractivity contribution in [2.75, 3.05) is 37.8 Å². The molecule has 4 heterocycles. The summed E-state index contributed by atoms with van der Waals surface area (Å²) < 4.78 is 0. The van der Waals surface area contributed by atoms with Gasteiger partial charge in [-0.3, -0.25) is 29.0 Å². The van der Waals surface area contributed by atoms with Gasteiger partial charge < -0.3 is 20.4 Å². The van der Waals surface area contributed by atoms with Gasteiger partial charge in [0.15, 0.2) is 0 Å². The predicted molar refractivity (Wildman–Crippen MR) is 207 cm³/mol. The lowest BCUT2D eigenvalue weighted by molar-refractivity contribution is -0.141. The Kier molecular flexibility index (Phi) is 9.76. The van der Waals surface area contributed by atoms with Crippen molar-refractivity contribution >= 4 is 35.0 Å². The Morgan fingerprint density at radius 3 is 1.35 bits per heavy atom. The largest absolute Gasteiger partial charge is 0.329 e. The first kappa shape index (κ1) is 35.3. The lowest BCUT2D eigenvalue weighted by atomic mass is 10.0. The van der Waals surface area contributed by atoms with Crippen molar-refractivity contribution in [3.63, 3.8) is 0 Å². The second-order valence-corrected chi connectivity index (χ2v) is 14.8. The summed E-state index contributed by atoms with van der Waals surface area (Å²) in [7, 11) is 3.91. The predicted octanol–water partition coefficient (Wildman–Crippen LogP) is 5.32. The molecule has 0 bridgehead atoms. The highest BCUT2D eigenvalue weighted by Crippen LogP contribution is 2.37. The monoisotopic (exact) mass is 720 g/mol. The first-order valence-corrected chi connectivity index (χ1v) is 18.8. The van der Waals surface area contributed by atoms with Gasteiger partial charge >= 0.3 is 0 Å².